The molecular formula is C27H23N3O3. The molecule has 3 aromatic carbocycles. The van der Waals surface area contributed by atoms with Crippen LogP contribution in [0.3, 0.4) is 0 Å². The minimum Gasteiger partial charge on any atom is -0.490 e. The van der Waals surface area contributed by atoms with Gasteiger partial charge in [0, 0.05) is 5.56 Å². The summed E-state index contributed by atoms with van der Waals surface area (Å²) in [5.41, 5.74) is 4.08. The predicted molar refractivity (Wildman–Crippen MR) is 128 cm³/mol. The van der Waals surface area contributed by atoms with Gasteiger partial charge in [-0.1, -0.05) is 42.5 Å². The van der Waals surface area contributed by atoms with Crippen LogP contribution in [-0.4, -0.2) is 18.2 Å². The summed E-state index contributed by atoms with van der Waals surface area (Å²) in [7, 11) is 0. The van der Waals surface area contributed by atoms with Gasteiger partial charge in [-0.2, -0.15) is 15.4 Å². The molecule has 0 fully saturated rings. The fraction of sp³-hybridized carbons (Fsp3) is 0.148. The summed E-state index contributed by atoms with van der Waals surface area (Å²) in [5, 5.41) is 15.1. The van der Waals surface area contributed by atoms with Gasteiger partial charge < -0.3 is 9.47 Å². The number of benzene rings is 3. The molecule has 0 aliphatic carbocycles. The van der Waals surface area contributed by atoms with Crippen LogP contribution in [0.2, 0.25) is 0 Å². The third kappa shape index (κ3) is 4.78. The zero-order valence-electron chi connectivity index (χ0n) is 18.5. The first kappa shape index (κ1) is 21.8. The highest BCUT2D eigenvalue weighted by Gasteiger charge is 2.28. The number of ether oxygens (including phenoxy) is 2. The fourth-order valence-corrected chi connectivity index (χ4v) is 3.51. The molecule has 1 aliphatic rings. The van der Waals surface area contributed by atoms with Crippen LogP contribution in [0.5, 0.6) is 11.5 Å². The normalized spacial score (nSPS) is 14.2. The van der Waals surface area contributed by atoms with Crippen LogP contribution in [-0.2, 0) is 11.4 Å². The zero-order chi connectivity index (χ0) is 23.2. The maximum Gasteiger partial charge on any atom is 0.280 e. The molecule has 6 nitrogen and oxygen atoms in total. The molecule has 0 saturated carbocycles. The molecule has 0 bridgehead atoms. The summed E-state index contributed by atoms with van der Waals surface area (Å²) in [4.78, 5) is 13.0. The molecule has 3 aromatic rings. The largest absolute Gasteiger partial charge is 0.490 e. The van der Waals surface area contributed by atoms with Crippen molar-refractivity contribution in [1.29, 1.82) is 5.26 Å². The van der Waals surface area contributed by atoms with Crippen molar-refractivity contribution >= 4 is 23.4 Å². The molecule has 0 spiro atoms. The summed E-state index contributed by atoms with van der Waals surface area (Å²) in [6.45, 7) is 4.43. The van der Waals surface area contributed by atoms with Gasteiger partial charge in [-0.3, -0.25) is 4.79 Å². The highest BCUT2D eigenvalue weighted by atomic mass is 16.5. The van der Waals surface area contributed by atoms with Crippen LogP contribution < -0.4 is 14.5 Å². The van der Waals surface area contributed by atoms with Crippen molar-refractivity contribution in [2.75, 3.05) is 11.6 Å². The molecule has 0 atom stereocenters. The lowest BCUT2D eigenvalue weighted by molar-refractivity contribution is -0.114. The molecule has 1 heterocycles. The highest BCUT2D eigenvalue weighted by Crippen LogP contribution is 2.31. The Hall–Kier alpha value is -4.37. The van der Waals surface area contributed by atoms with E-state index in [1.54, 1.807) is 12.1 Å². The first-order valence-corrected chi connectivity index (χ1v) is 10.6. The summed E-state index contributed by atoms with van der Waals surface area (Å²) in [6, 6.07) is 24.4. The average Bonchev–Trinajstić information content (AvgIpc) is 3.13. The van der Waals surface area contributed by atoms with Crippen molar-refractivity contribution in [3.63, 3.8) is 0 Å². The molecule has 1 amide bonds. The first-order valence-electron chi connectivity index (χ1n) is 10.6. The van der Waals surface area contributed by atoms with Gasteiger partial charge in [0.2, 0.25) is 0 Å². The number of hydrogen-bond donors (Lipinski definition) is 0. The van der Waals surface area contributed by atoms with Crippen molar-refractivity contribution < 1.29 is 14.3 Å². The van der Waals surface area contributed by atoms with E-state index in [2.05, 4.69) is 11.2 Å². The second kappa shape index (κ2) is 9.84. The van der Waals surface area contributed by atoms with E-state index >= 15 is 0 Å². The number of carbonyl (C=O) groups excluding carboxylic acids is 1. The maximum atomic E-state index is 13.0. The van der Waals surface area contributed by atoms with Crippen molar-refractivity contribution in [3.8, 4) is 17.6 Å². The Morgan fingerprint density at radius 3 is 2.52 bits per heavy atom. The van der Waals surface area contributed by atoms with Gasteiger partial charge in [0.25, 0.3) is 5.91 Å². The molecule has 0 saturated heterocycles. The Labute approximate surface area is 193 Å². The summed E-state index contributed by atoms with van der Waals surface area (Å²) < 4.78 is 11.8. The lowest BCUT2D eigenvalue weighted by atomic mass is 10.1. The SMILES string of the molecule is CCOc1cc(/C=C2/C(=O)N(c3ccccc3)N=C2C)ccc1OCc1ccccc1C#N. The fourth-order valence-electron chi connectivity index (χ4n) is 3.51. The van der Waals surface area contributed by atoms with Crippen LogP contribution in [0.4, 0.5) is 5.69 Å². The second-order valence-corrected chi connectivity index (χ2v) is 7.39. The van der Waals surface area contributed by atoms with Crippen molar-refractivity contribution in [3.05, 3.63) is 95.1 Å². The van der Waals surface area contributed by atoms with E-state index in [0.717, 1.165) is 16.8 Å². The Balaban J connectivity index is 1.57. The second-order valence-electron chi connectivity index (χ2n) is 7.39. The van der Waals surface area contributed by atoms with Gasteiger partial charge in [0.15, 0.2) is 11.5 Å². The molecule has 164 valence electrons. The zero-order valence-corrected chi connectivity index (χ0v) is 18.5. The topological polar surface area (TPSA) is 74.9 Å². The highest BCUT2D eigenvalue weighted by molar-refractivity contribution is 6.32. The van der Waals surface area contributed by atoms with E-state index in [1.165, 1.54) is 5.01 Å². The van der Waals surface area contributed by atoms with Gasteiger partial charge in [-0.05, 0) is 55.8 Å². The first-order chi connectivity index (χ1) is 16.1. The molecule has 4 rings (SSSR count). The molecule has 6 heteroatoms. The quantitative estimate of drug-likeness (QED) is 0.468. The number of anilines is 1. The van der Waals surface area contributed by atoms with E-state index in [1.807, 2.05) is 80.6 Å². The average molecular weight is 437 g/mol. The minimum atomic E-state index is -0.176. The number of carbonyl (C=O) groups is 1. The van der Waals surface area contributed by atoms with Crippen LogP contribution in [0.1, 0.15) is 30.5 Å². The molecule has 33 heavy (non-hydrogen) atoms. The van der Waals surface area contributed by atoms with E-state index in [4.69, 9.17) is 9.47 Å². The van der Waals surface area contributed by atoms with E-state index in [0.29, 0.717) is 35.0 Å². The van der Waals surface area contributed by atoms with Gasteiger partial charge in [-0.25, -0.2) is 0 Å². The van der Waals surface area contributed by atoms with Crippen molar-refractivity contribution in [2.45, 2.75) is 20.5 Å². The van der Waals surface area contributed by atoms with Crippen LogP contribution >= 0.6 is 0 Å². The monoisotopic (exact) mass is 437 g/mol. The Kier molecular flexibility index (Phi) is 6.51. The standard InChI is InChI=1S/C27H23N3O3/c1-3-32-26-16-20(13-14-25(26)33-18-22-10-8-7-9-21(22)17-28)15-24-19(2)29-30(27(24)31)23-11-5-4-6-12-23/h4-16H,3,18H2,1-2H3/b24-15+. The smallest absolute Gasteiger partial charge is 0.280 e. The third-order valence-electron chi connectivity index (χ3n) is 5.16. The van der Waals surface area contributed by atoms with Crippen LogP contribution in [0.25, 0.3) is 6.08 Å². The molecule has 0 aromatic heterocycles. The van der Waals surface area contributed by atoms with E-state index in [-0.39, 0.29) is 12.5 Å². The molecule has 1 aliphatic heterocycles. The summed E-state index contributed by atoms with van der Waals surface area (Å²) >= 11 is 0. The van der Waals surface area contributed by atoms with Gasteiger partial charge >= 0.3 is 0 Å². The summed E-state index contributed by atoms with van der Waals surface area (Å²) in [6.07, 6.45) is 1.81. The van der Waals surface area contributed by atoms with Crippen molar-refractivity contribution in [2.24, 2.45) is 5.10 Å². The number of rotatable bonds is 7. The van der Waals surface area contributed by atoms with E-state index < -0.39 is 0 Å². The minimum absolute atomic E-state index is 0.176. The number of hydrogen-bond acceptors (Lipinski definition) is 5. The van der Waals surface area contributed by atoms with E-state index in [9.17, 15) is 10.1 Å². The lowest BCUT2D eigenvalue weighted by Crippen LogP contribution is -2.21. The third-order valence-corrected chi connectivity index (χ3v) is 5.16. The molecular weight excluding hydrogens is 414 g/mol. The van der Waals surface area contributed by atoms with Crippen molar-refractivity contribution in [1.82, 2.24) is 0 Å². The number of hydrazone groups is 1. The molecule has 0 N–H and O–H groups in total. The van der Waals surface area contributed by atoms with Gasteiger partial charge in [-0.15, -0.1) is 0 Å². The molecule has 0 unspecified atom stereocenters. The maximum absolute atomic E-state index is 13.0. The predicted octanol–water partition coefficient (Wildman–Crippen LogP) is 5.34. The number of amides is 1. The van der Waals surface area contributed by atoms with Gasteiger partial charge in [0.05, 0.1) is 35.2 Å². The number of para-hydroxylation sites is 1. The number of nitrogens with zero attached hydrogens (tertiary/aromatic N) is 3. The number of nitriles is 1. The Morgan fingerprint density at radius 2 is 1.76 bits per heavy atom. The van der Waals surface area contributed by atoms with Crippen LogP contribution in [0.15, 0.2) is 83.5 Å². The van der Waals surface area contributed by atoms with Gasteiger partial charge in [0.1, 0.15) is 6.61 Å². The molecule has 0 radical (unpaired) electrons. The van der Waals surface area contributed by atoms with Crippen LogP contribution in [0, 0.1) is 11.3 Å². The Bertz CT molecular complexity index is 1270. The summed E-state index contributed by atoms with van der Waals surface area (Å²) in [5.74, 6) is 0.965. The lowest BCUT2D eigenvalue weighted by Gasteiger charge is -2.14. The Morgan fingerprint density at radius 1 is 1.00 bits per heavy atom.